The maximum atomic E-state index is 11.1. The number of unbranched alkanes of at least 4 members (excludes halogenated alkanes) is 2. The van der Waals surface area contributed by atoms with Gasteiger partial charge in [-0.15, -0.1) is 0 Å². The number of phenolic OH excluding ortho intramolecular Hbond substituents is 4. The van der Waals surface area contributed by atoms with E-state index in [-0.39, 0.29) is 80.5 Å². The van der Waals surface area contributed by atoms with Crippen molar-refractivity contribution in [1.29, 1.82) is 0 Å². The largest absolute Gasteiger partial charge is 0.507 e. The quantitative estimate of drug-likeness (QED) is 0.176. The van der Waals surface area contributed by atoms with Crippen LogP contribution in [0.25, 0.3) is 11.1 Å². The molecule has 8 nitrogen and oxygen atoms in total. The molecule has 0 saturated carbocycles. The molecule has 0 heterocycles. The molecular formula is C32H38O8. The Balaban J connectivity index is 2.45. The first-order valence-electron chi connectivity index (χ1n) is 13.3. The lowest BCUT2D eigenvalue weighted by Gasteiger charge is -2.17. The second kappa shape index (κ2) is 14.7. The van der Waals surface area contributed by atoms with Crippen LogP contribution in [-0.2, 0) is 19.1 Å². The highest BCUT2D eigenvalue weighted by atomic mass is 16.5. The summed E-state index contributed by atoms with van der Waals surface area (Å²) in [6.07, 6.45) is 3.06. The Morgan fingerprint density at radius 2 is 1.07 bits per heavy atom. The van der Waals surface area contributed by atoms with Gasteiger partial charge in [0.05, 0.1) is 12.2 Å². The van der Waals surface area contributed by atoms with E-state index in [9.17, 15) is 30.0 Å². The Morgan fingerprint density at radius 3 is 1.40 bits per heavy atom. The van der Waals surface area contributed by atoms with Gasteiger partial charge in [0.25, 0.3) is 0 Å². The third kappa shape index (κ3) is 8.88. The van der Waals surface area contributed by atoms with Gasteiger partial charge < -0.3 is 29.9 Å². The minimum absolute atomic E-state index is 0.154. The summed E-state index contributed by atoms with van der Waals surface area (Å²) in [5.41, 5.74) is 1.38. The molecule has 0 radical (unpaired) electrons. The van der Waals surface area contributed by atoms with Crippen LogP contribution in [0.3, 0.4) is 0 Å². The first-order chi connectivity index (χ1) is 18.8. The number of carbonyl (C=O) groups is 2. The fourth-order valence-corrected chi connectivity index (χ4v) is 4.17. The molecule has 2 aromatic carbocycles. The number of hydrogen-bond acceptors (Lipinski definition) is 8. The van der Waals surface area contributed by atoms with Crippen molar-refractivity contribution in [2.24, 2.45) is 0 Å². The molecule has 40 heavy (non-hydrogen) atoms. The minimum Gasteiger partial charge on any atom is -0.507 e. The van der Waals surface area contributed by atoms with Crippen LogP contribution in [0, 0.1) is 37.5 Å². The molecule has 0 unspecified atom stereocenters. The molecule has 0 spiro atoms. The van der Waals surface area contributed by atoms with Gasteiger partial charge in [-0.1, -0.05) is 23.7 Å². The average molecular weight is 551 g/mol. The maximum Gasteiger partial charge on any atom is 0.302 e. The number of hydrogen-bond donors (Lipinski definition) is 4. The number of carbonyl (C=O) groups excluding carboxylic acids is 2. The average Bonchev–Trinajstić information content (AvgIpc) is 2.86. The molecule has 0 aliphatic carbocycles. The molecule has 0 aromatic heterocycles. The van der Waals surface area contributed by atoms with Gasteiger partial charge in [0.1, 0.15) is 23.0 Å². The highest BCUT2D eigenvalue weighted by Crippen LogP contribution is 2.47. The van der Waals surface area contributed by atoms with E-state index >= 15 is 0 Å². The van der Waals surface area contributed by atoms with Crippen LogP contribution in [-0.4, -0.2) is 44.6 Å². The Morgan fingerprint density at radius 1 is 0.725 bits per heavy atom. The zero-order chi connectivity index (χ0) is 30.0. The first-order valence-corrected chi connectivity index (χ1v) is 13.3. The van der Waals surface area contributed by atoms with Gasteiger partial charge in [0.2, 0.25) is 0 Å². The van der Waals surface area contributed by atoms with Crippen LogP contribution in [0.4, 0.5) is 0 Å². The highest BCUT2D eigenvalue weighted by molar-refractivity contribution is 5.88. The Kier molecular flexibility index (Phi) is 11.8. The minimum atomic E-state index is -0.340. The molecule has 0 amide bonds. The van der Waals surface area contributed by atoms with Gasteiger partial charge in [-0.3, -0.25) is 9.59 Å². The predicted octanol–water partition coefficient (Wildman–Crippen LogP) is 5.74. The molecule has 4 N–H and O–H groups in total. The zero-order valence-corrected chi connectivity index (χ0v) is 24.0. The SMILES string of the molecule is CC(=O)O[C@@H](C)CCCC#Cc1cc(O)c(C)c(O)c1-c1c(C#CCCC[C@H](C)OC(C)=O)cc(O)c(C)c1O. The molecule has 0 aliphatic heterocycles. The van der Waals surface area contributed by atoms with Crippen molar-refractivity contribution in [3.8, 4) is 57.8 Å². The lowest BCUT2D eigenvalue weighted by Crippen LogP contribution is -2.11. The number of phenols is 4. The highest BCUT2D eigenvalue weighted by Gasteiger charge is 2.23. The van der Waals surface area contributed by atoms with Crippen molar-refractivity contribution in [3.05, 3.63) is 34.4 Å². The van der Waals surface area contributed by atoms with Crippen molar-refractivity contribution in [3.63, 3.8) is 0 Å². The van der Waals surface area contributed by atoms with Crippen LogP contribution < -0.4 is 0 Å². The summed E-state index contributed by atoms with van der Waals surface area (Å²) in [5.74, 6) is 10.5. The second-order valence-corrected chi connectivity index (χ2v) is 9.81. The summed E-state index contributed by atoms with van der Waals surface area (Å²) in [7, 11) is 0. The van der Waals surface area contributed by atoms with Crippen LogP contribution in [0.5, 0.6) is 23.0 Å². The van der Waals surface area contributed by atoms with E-state index in [1.54, 1.807) is 13.8 Å². The first kappa shape index (κ1) is 31.9. The molecule has 2 rings (SSSR count). The van der Waals surface area contributed by atoms with E-state index in [1.807, 2.05) is 13.8 Å². The molecular weight excluding hydrogens is 512 g/mol. The molecule has 2 atom stereocenters. The van der Waals surface area contributed by atoms with Crippen molar-refractivity contribution < 1.29 is 39.5 Å². The molecule has 0 saturated heterocycles. The topological polar surface area (TPSA) is 134 Å². The van der Waals surface area contributed by atoms with Gasteiger partial charge in [0, 0.05) is 60.1 Å². The fraction of sp³-hybridized carbons (Fsp3) is 0.438. The number of rotatable bonds is 9. The lowest BCUT2D eigenvalue weighted by molar-refractivity contribution is -0.146. The van der Waals surface area contributed by atoms with Gasteiger partial charge >= 0.3 is 11.9 Å². The summed E-state index contributed by atoms with van der Waals surface area (Å²) < 4.78 is 10.2. The van der Waals surface area contributed by atoms with E-state index in [2.05, 4.69) is 23.7 Å². The maximum absolute atomic E-state index is 11.1. The van der Waals surface area contributed by atoms with E-state index in [1.165, 1.54) is 26.0 Å². The van der Waals surface area contributed by atoms with Crippen molar-refractivity contribution in [1.82, 2.24) is 0 Å². The Labute approximate surface area is 236 Å². The zero-order valence-electron chi connectivity index (χ0n) is 24.0. The van der Waals surface area contributed by atoms with Crippen molar-refractivity contribution >= 4 is 11.9 Å². The molecule has 2 aromatic rings. The fourth-order valence-electron chi connectivity index (χ4n) is 4.17. The molecule has 214 valence electrons. The summed E-state index contributed by atoms with van der Waals surface area (Å²) in [4.78, 5) is 22.2. The van der Waals surface area contributed by atoms with Crippen LogP contribution >= 0.6 is 0 Å². The third-order valence-corrected chi connectivity index (χ3v) is 6.31. The predicted molar refractivity (Wildman–Crippen MR) is 152 cm³/mol. The second-order valence-electron chi connectivity index (χ2n) is 9.81. The van der Waals surface area contributed by atoms with Gasteiger partial charge in [0.15, 0.2) is 0 Å². The molecule has 8 heteroatoms. The van der Waals surface area contributed by atoms with Crippen LogP contribution in [0.1, 0.15) is 88.5 Å². The lowest BCUT2D eigenvalue weighted by atomic mass is 9.89. The smallest absolute Gasteiger partial charge is 0.302 e. The van der Waals surface area contributed by atoms with Gasteiger partial charge in [-0.2, -0.15) is 0 Å². The van der Waals surface area contributed by atoms with Crippen molar-refractivity contribution in [2.75, 3.05) is 0 Å². The summed E-state index contributed by atoms with van der Waals surface area (Å²) in [6, 6.07) is 2.85. The summed E-state index contributed by atoms with van der Waals surface area (Å²) >= 11 is 0. The number of ether oxygens (including phenoxy) is 2. The van der Waals surface area contributed by atoms with Crippen LogP contribution in [0.2, 0.25) is 0 Å². The van der Waals surface area contributed by atoms with E-state index in [0.717, 1.165) is 0 Å². The van der Waals surface area contributed by atoms with E-state index in [4.69, 9.17) is 9.47 Å². The van der Waals surface area contributed by atoms with Crippen LogP contribution in [0.15, 0.2) is 12.1 Å². The molecule has 0 aliphatic rings. The molecule has 0 fully saturated rings. The number of benzene rings is 2. The standard InChI is InChI=1S/C32H38O8/c1-19(39-23(5)33)13-9-7-11-15-25-17-27(35)21(3)31(37)29(25)30-26(18-28(36)22(4)32(30)38)16-12-8-10-14-20(2)40-24(6)34/h17-20,35-38H,7-10,13-14H2,1-6H3/t19-,20-/m0/s1. The summed E-state index contributed by atoms with van der Waals surface area (Å²) in [6.45, 7) is 9.42. The summed E-state index contributed by atoms with van der Waals surface area (Å²) in [5, 5.41) is 43.0. The monoisotopic (exact) mass is 550 g/mol. The Hall–Kier alpha value is -4.30. The number of aromatic hydroxyl groups is 4. The normalized spacial score (nSPS) is 11.8. The van der Waals surface area contributed by atoms with Gasteiger partial charge in [-0.05, 0) is 65.5 Å². The van der Waals surface area contributed by atoms with E-state index in [0.29, 0.717) is 38.5 Å². The Bertz CT molecular complexity index is 1260. The molecule has 0 bridgehead atoms. The van der Waals surface area contributed by atoms with Crippen molar-refractivity contribution in [2.45, 2.75) is 92.3 Å². The van der Waals surface area contributed by atoms with E-state index < -0.39 is 0 Å². The number of esters is 2. The van der Waals surface area contributed by atoms with Gasteiger partial charge in [-0.25, -0.2) is 0 Å². The third-order valence-electron chi connectivity index (χ3n) is 6.31.